The van der Waals surface area contributed by atoms with Crippen LogP contribution in [0.5, 0.6) is 0 Å². The van der Waals surface area contributed by atoms with Crippen LogP contribution in [0.2, 0.25) is 0 Å². The van der Waals surface area contributed by atoms with E-state index in [1.54, 1.807) is 13.0 Å². The summed E-state index contributed by atoms with van der Waals surface area (Å²) >= 11 is 0. The number of carbonyl (C=O) groups excluding carboxylic acids is 1. The van der Waals surface area contributed by atoms with Gasteiger partial charge < -0.3 is 0 Å². The van der Waals surface area contributed by atoms with Crippen LogP contribution in [0.4, 0.5) is 13.2 Å². The highest BCUT2D eigenvalue weighted by atomic mass is 19.4. The van der Waals surface area contributed by atoms with E-state index in [1.807, 2.05) is 11.5 Å². The smallest absolute Gasteiger partial charge is 0.273 e. The van der Waals surface area contributed by atoms with E-state index in [9.17, 15) is 22.8 Å². The van der Waals surface area contributed by atoms with Crippen molar-refractivity contribution in [3.05, 3.63) is 75.3 Å². The Hall–Kier alpha value is -3.67. The maximum absolute atomic E-state index is 13.4. The maximum atomic E-state index is 13.4. The van der Waals surface area contributed by atoms with Gasteiger partial charge >= 0.3 is 6.18 Å². The van der Waals surface area contributed by atoms with E-state index in [1.165, 1.54) is 36.4 Å². The van der Waals surface area contributed by atoms with Crippen LogP contribution < -0.4 is 11.0 Å². The molecule has 1 N–H and O–H groups in total. The molecule has 142 valence electrons. The van der Waals surface area contributed by atoms with Gasteiger partial charge in [-0.1, -0.05) is 24.3 Å². The van der Waals surface area contributed by atoms with Crippen molar-refractivity contribution in [2.24, 2.45) is 0 Å². The number of alkyl halides is 3. The predicted molar refractivity (Wildman–Crippen MR) is 95.0 cm³/mol. The average Bonchev–Trinajstić information content (AvgIpc) is 2.64. The van der Waals surface area contributed by atoms with Crippen molar-refractivity contribution in [3.8, 4) is 6.07 Å². The number of para-hydroxylation sites is 1. The number of hydrogen-bond acceptors (Lipinski definition) is 4. The van der Waals surface area contributed by atoms with E-state index in [0.717, 1.165) is 0 Å². The Morgan fingerprint density at radius 2 is 1.89 bits per heavy atom. The number of aromatic nitrogens is 2. The monoisotopic (exact) mass is 386 g/mol. The van der Waals surface area contributed by atoms with Gasteiger partial charge in [-0.25, -0.2) is 4.98 Å². The molecule has 3 aromatic rings. The summed E-state index contributed by atoms with van der Waals surface area (Å²) in [7, 11) is 0. The van der Waals surface area contributed by atoms with E-state index in [2.05, 4.69) is 4.98 Å². The van der Waals surface area contributed by atoms with Gasteiger partial charge in [0.2, 0.25) is 11.7 Å². The number of fused-ring (bicyclic) bond motifs is 1. The van der Waals surface area contributed by atoms with E-state index >= 15 is 0 Å². The van der Waals surface area contributed by atoms with Gasteiger partial charge in [-0.15, -0.1) is 0 Å². The Morgan fingerprint density at radius 1 is 1.21 bits per heavy atom. The van der Waals surface area contributed by atoms with Crippen LogP contribution in [0.1, 0.15) is 22.5 Å². The number of rotatable bonds is 3. The summed E-state index contributed by atoms with van der Waals surface area (Å²) in [6, 6.07) is 12.3. The van der Waals surface area contributed by atoms with E-state index in [0.29, 0.717) is 16.7 Å². The van der Waals surface area contributed by atoms with Crippen molar-refractivity contribution in [1.82, 2.24) is 9.66 Å². The number of benzene rings is 2. The highest BCUT2D eigenvalue weighted by molar-refractivity contribution is 5.87. The minimum atomic E-state index is -4.95. The molecule has 6 nitrogen and oxygen atoms in total. The summed E-state index contributed by atoms with van der Waals surface area (Å²) in [6.07, 6.45) is -5.22. The number of nitrogens with one attached hydrogen (secondary N) is 1. The van der Waals surface area contributed by atoms with Crippen LogP contribution in [0, 0.1) is 18.3 Å². The maximum Gasteiger partial charge on any atom is 0.451 e. The molecular formula is C19H13F3N4O2. The molecule has 0 saturated heterocycles. The van der Waals surface area contributed by atoms with Crippen LogP contribution in [0.25, 0.3) is 10.9 Å². The Morgan fingerprint density at radius 3 is 2.50 bits per heavy atom. The van der Waals surface area contributed by atoms with Crippen LogP contribution in [0.3, 0.4) is 0 Å². The number of amides is 1. The molecule has 0 atom stereocenters. The first-order valence-electron chi connectivity index (χ1n) is 8.09. The first-order valence-corrected chi connectivity index (χ1v) is 8.09. The summed E-state index contributed by atoms with van der Waals surface area (Å²) in [5.74, 6) is -2.33. The van der Waals surface area contributed by atoms with E-state index < -0.39 is 23.5 Å². The molecule has 0 bridgehead atoms. The second-order valence-corrected chi connectivity index (χ2v) is 6.07. The quantitative estimate of drug-likeness (QED) is 0.750. The zero-order chi connectivity index (χ0) is 20.5. The third-order valence-corrected chi connectivity index (χ3v) is 4.04. The number of carbonyl (C=O) groups is 1. The Balaban J connectivity index is 2.01. The fourth-order valence-electron chi connectivity index (χ4n) is 2.69. The first kappa shape index (κ1) is 19.1. The lowest BCUT2D eigenvalue weighted by Gasteiger charge is -2.16. The Kier molecular flexibility index (Phi) is 4.88. The predicted octanol–water partition coefficient (Wildman–Crippen LogP) is 2.91. The van der Waals surface area contributed by atoms with Crippen molar-refractivity contribution >= 4 is 16.8 Å². The lowest BCUT2D eigenvalue weighted by Crippen LogP contribution is -2.39. The molecule has 2 aromatic carbocycles. The first-order chi connectivity index (χ1) is 13.2. The van der Waals surface area contributed by atoms with Crippen LogP contribution >= 0.6 is 0 Å². The molecule has 1 heterocycles. The minimum Gasteiger partial charge on any atom is -0.273 e. The topological polar surface area (TPSA) is 87.8 Å². The molecule has 0 unspecified atom stereocenters. The van der Waals surface area contributed by atoms with Crippen molar-refractivity contribution < 1.29 is 18.0 Å². The van der Waals surface area contributed by atoms with Gasteiger partial charge in [0.1, 0.15) is 0 Å². The fraction of sp³-hybridized carbons (Fsp3) is 0.158. The van der Waals surface area contributed by atoms with Crippen LogP contribution in [0.15, 0.2) is 47.3 Å². The Labute approximate surface area is 156 Å². The zero-order valence-corrected chi connectivity index (χ0v) is 14.5. The molecule has 0 spiro atoms. The molecule has 0 radical (unpaired) electrons. The van der Waals surface area contributed by atoms with Gasteiger partial charge in [0.25, 0.3) is 5.56 Å². The van der Waals surface area contributed by atoms with Crippen molar-refractivity contribution in [3.63, 3.8) is 0 Å². The third-order valence-electron chi connectivity index (χ3n) is 4.04. The molecule has 1 amide bonds. The number of nitriles is 1. The number of nitrogens with zero attached hydrogens (tertiary/aromatic N) is 3. The van der Waals surface area contributed by atoms with Gasteiger partial charge in [0.05, 0.1) is 29.0 Å². The molecular weight excluding hydrogens is 373 g/mol. The van der Waals surface area contributed by atoms with E-state index in [-0.39, 0.29) is 22.0 Å². The average molecular weight is 386 g/mol. The molecule has 3 rings (SSSR count). The Bertz CT molecular complexity index is 1160. The summed E-state index contributed by atoms with van der Waals surface area (Å²) < 4.78 is 40.5. The van der Waals surface area contributed by atoms with E-state index in [4.69, 9.17) is 5.26 Å². The highest BCUT2D eigenvalue weighted by Gasteiger charge is 2.38. The van der Waals surface area contributed by atoms with Crippen LogP contribution in [-0.4, -0.2) is 15.6 Å². The van der Waals surface area contributed by atoms with Gasteiger partial charge in [0.15, 0.2) is 0 Å². The second kappa shape index (κ2) is 7.15. The van der Waals surface area contributed by atoms with Gasteiger partial charge in [-0.05, 0) is 36.2 Å². The zero-order valence-electron chi connectivity index (χ0n) is 14.5. The van der Waals surface area contributed by atoms with Gasteiger partial charge in [0, 0.05) is 0 Å². The van der Waals surface area contributed by atoms with Crippen molar-refractivity contribution in [2.45, 2.75) is 19.5 Å². The molecule has 0 aliphatic heterocycles. The summed E-state index contributed by atoms with van der Waals surface area (Å²) in [4.78, 5) is 28.4. The second-order valence-electron chi connectivity index (χ2n) is 6.07. The summed E-state index contributed by atoms with van der Waals surface area (Å²) in [6.45, 7) is 1.54. The summed E-state index contributed by atoms with van der Waals surface area (Å²) in [5.41, 5.74) is 2.17. The number of halogens is 3. The lowest BCUT2D eigenvalue weighted by atomic mass is 10.1. The third kappa shape index (κ3) is 3.71. The SMILES string of the molecule is Cc1cccc2c(=O)n(NC(=O)Cc3ccc(C#N)cc3)c(C(F)(F)F)nc12. The lowest BCUT2D eigenvalue weighted by molar-refractivity contribution is -0.147. The minimum absolute atomic E-state index is 0.0355. The number of aryl methyl sites for hydroxylation is 1. The summed E-state index contributed by atoms with van der Waals surface area (Å²) in [5, 5.41) is 8.73. The molecule has 0 fully saturated rings. The standard InChI is InChI=1S/C19H13F3N4O2/c1-11-3-2-4-14-16(11)24-18(19(20,21)22)26(17(14)28)25-15(27)9-12-5-7-13(10-23)8-6-12/h2-8H,9H2,1H3,(H,25,27). The van der Waals surface area contributed by atoms with Crippen molar-refractivity contribution in [2.75, 3.05) is 5.43 Å². The molecule has 28 heavy (non-hydrogen) atoms. The van der Waals surface area contributed by atoms with Gasteiger partial charge in [-0.2, -0.15) is 23.1 Å². The normalized spacial score (nSPS) is 11.2. The van der Waals surface area contributed by atoms with Crippen LogP contribution in [-0.2, 0) is 17.4 Å². The van der Waals surface area contributed by atoms with Gasteiger partial charge in [-0.3, -0.25) is 15.0 Å². The fourth-order valence-corrected chi connectivity index (χ4v) is 2.69. The molecule has 0 saturated carbocycles. The largest absolute Gasteiger partial charge is 0.451 e. The molecule has 0 aliphatic rings. The number of hydrogen-bond donors (Lipinski definition) is 1. The van der Waals surface area contributed by atoms with Crippen molar-refractivity contribution in [1.29, 1.82) is 5.26 Å². The molecule has 1 aromatic heterocycles. The molecule has 0 aliphatic carbocycles. The molecule has 9 heteroatoms. The highest BCUT2D eigenvalue weighted by Crippen LogP contribution is 2.28.